The van der Waals surface area contributed by atoms with E-state index >= 15 is 0 Å². The van der Waals surface area contributed by atoms with E-state index in [9.17, 15) is 18.0 Å². The van der Waals surface area contributed by atoms with Crippen molar-refractivity contribution in [2.45, 2.75) is 11.4 Å². The summed E-state index contributed by atoms with van der Waals surface area (Å²) in [7, 11) is -3.38. The van der Waals surface area contributed by atoms with Crippen molar-refractivity contribution >= 4 is 27.5 Å². The van der Waals surface area contributed by atoms with E-state index in [1.165, 1.54) is 23.1 Å². The van der Waals surface area contributed by atoms with Gasteiger partial charge < -0.3 is 10.1 Å². The molecule has 1 aliphatic heterocycles. The highest BCUT2D eigenvalue weighted by atomic mass is 32.2. The molecule has 26 heavy (non-hydrogen) atoms. The number of hydrogen-bond acceptors (Lipinski definition) is 5. The molecular weight excluding hydrogens is 356 g/mol. The normalized spacial score (nSPS) is 14.2. The van der Waals surface area contributed by atoms with Crippen LogP contribution < -0.4 is 10.2 Å². The minimum atomic E-state index is -3.38. The van der Waals surface area contributed by atoms with Crippen molar-refractivity contribution in [3.8, 4) is 0 Å². The maximum absolute atomic E-state index is 12.3. The summed E-state index contributed by atoms with van der Waals surface area (Å²) in [6, 6.07) is 13.1. The largest absolute Gasteiger partial charge is 0.447 e. The van der Waals surface area contributed by atoms with Crippen LogP contribution >= 0.6 is 0 Å². The number of hydrogen-bond donors (Lipinski definition) is 1. The third-order valence-corrected chi connectivity index (χ3v) is 5.07. The van der Waals surface area contributed by atoms with Gasteiger partial charge in [-0.1, -0.05) is 18.2 Å². The first-order valence-electron chi connectivity index (χ1n) is 7.96. The fraction of sp³-hybridized carbons (Fsp3) is 0.222. The molecule has 2 aromatic carbocycles. The number of carbonyl (C=O) groups is 2. The molecule has 2 amide bonds. The monoisotopic (exact) mass is 374 g/mol. The van der Waals surface area contributed by atoms with E-state index in [1.54, 1.807) is 24.3 Å². The number of carbonyl (C=O) groups excluding carboxylic acids is 2. The summed E-state index contributed by atoms with van der Waals surface area (Å²) in [5.74, 6) is -0.374. The Hall–Kier alpha value is -2.87. The molecule has 1 aliphatic rings. The predicted molar refractivity (Wildman–Crippen MR) is 95.9 cm³/mol. The van der Waals surface area contributed by atoms with Crippen LogP contribution in [0.3, 0.4) is 0 Å². The molecule has 1 N–H and O–H groups in total. The van der Waals surface area contributed by atoms with Crippen LogP contribution in [-0.4, -0.2) is 39.8 Å². The summed E-state index contributed by atoms with van der Waals surface area (Å²) in [5.41, 5.74) is 1.79. The van der Waals surface area contributed by atoms with Gasteiger partial charge in [0.15, 0.2) is 9.84 Å². The van der Waals surface area contributed by atoms with Crippen molar-refractivity contribution in [1.82, 2.24) is 5.32 Å². The second-order valence-electron chi connectivity index (χ2n) is 5.92. The number of benzene rings is 2. The van der Waals surface area contributed by atoms with E-state index in [2.05, 4.69) is 5.32 Å². The Morgan fingerprint density at radius 1 is 1.19 bits per heavy atom. The molecule has 1 fully saturated rings. The van der Waals surface area contributed by atoms with Crippen molar-refractivity contribution in [3.05, 3.63) is 59.7 Å². The molecule has 1 heterocycles. The van der Waals surface area contributed by atoms with Crippen LogP contribution in [0.5, 0.6) is 0 Å². The Labute approximate surface area is 151 Å². The van der Waals surface area contributed by atoms with Gasteiger partial charge in [0, 0.05) is 24.1 Å². The summed E-state index contributed by atoms with van der Waals surface area (Å²) in [6.45, 7) is 1.10. The molecule has 2 aromatic rings. The molecular formula is C18H18N2O5S. The molecule has 0 radical (unpaired) electrons. The maximum atomic E-state index is 12.3. The summed E-state index contributed by atoms with van der Waals surface area (Å²) in [4.78, 5) is 25.6. The Bertz CT molecular complexity index is 956. The predicted octanol–water partition coefficient (Wildman–Crippen LogP) is 1.98. The van der Waals surface area contributed by atoms with Gasteiger partial charge in [0.2, 0.25) is 0 Å². The Morgan fingerprint density at radius 2 is 1.96 bits per heavy atom. The number of nitrogens with one attached hydrogen (secondary N) is 1. The van der Waals surface area contributed by atoms with Gasteiger partial charge in [0.1, 0.15) is 6.61 Å². The molecule has 136 valence electrons. The van der Waals surface area contributed by atoms with Crippen molar-refractivity contribution in [1.29, 1.82) is 0 Å². The minimum Gasteiger partial charge on any atom is -0.447 e. The molecule has 0 aliphatic carbocycles. The van der Waals surface area contributed by atoms with Crippen molar-refractivity contribution in [2.24, 2.45) is 0 Å². The van der Waals surface area contributed by atoms with Gasteiger partial charge in [0.25, 0.3) is 5.91 Å². The van der Waals surface area contributed by atoms with Crippen LogP contribution in [0.2, 0.25) is 0 Å². The lowest BCUT2D eigenvalue weighted by molar-refractivity contribution is 0.0950. The third-order valence-electron chi connectivity index (χ3n) is 3.96. The lowest BCUT2D eigenvalue weighted by atomic mass is 10.1. The quantitative estimate of drug-likeness (QED) is 0.864. The lowest BCUT2D eigenvalue weighted by Gasteiger charge is -2.14. The van der Waals surface area contributed by atoms with Crippen LogP contribution in [0.1, 0.15) is 15.9 Å². The Kier molecular flexibility index (Phi) is 4.94. The molecule has 0 saturated carbocycles. The van der Waals surface area contributed by atoms with E-state index in [-0.39, 0.29) is 29.0 Å². The number of rotatable bonds is 5. The van der Waals surface area contributed by atoms with Crippen molar-refractivity contribution < 1.29 is 22.7 Å². The Morgan fingerprint density at radius 3 is 2.65 bits per heavy atom. The maximum Gasteiger partial charge on any atom is 0.414 e. The summed E-state index contributed by atoms with van der Waals surface area (Å²) in [6.07, 6.45) is 0.711. The van der Waals surface area contributed by atoms with E-state index < -0.39 is 9.84 Å². The average molecular weight is 374 g/mol. The number of nitrogens with zero attached hydrogens (tertiary/aromatic N) is 1. The van der Waals surface area contributed by atoms with E-state index in [0.29, 0.717) is 18.8 Å². The van der Waals surface area contributed by atoms with Crippen LogP contribution in [0.25, 0.3) is 0 Å². The zero-order chi connectivity index (χ0) is 18.7. The van der Waals surface area contributed by atoms with Gasteiger partial charge in [-0.2, -0.15) is 0 Å². The molecule has 0 atom stereocenters. The number of sulfone groups is 1. The van der Waals surface area contributed by atoms with E-state index in [0.717, 1.165) is 11.8 Å². The fourth-order valence-corrected chi connectivity index (χ4v) is 3.28. The zero-order valence-corrected chi connectivity index (χ0v) is 15.0. The molecule has 8 heteroatoms. The molecule has 3 rings (SSSR count). The molecule has 1 saturated heterocycles. The number of anilines is 1. The van der Waals surface area contributed by atoms with E-state index in [4.69, 9.17) is 4.74 Å². The second kappa shape index (κ2) is 7.17. The summed E-state index contributed by atoms with van der Waals surface area (Å²) >= 11 is 0. The van der Waals surface area contributed by atoms with Gasteiger partial charge >= 0.3 is 6.09 Å². The van der Waals surface area contributed by atoms with Gasteiger partial charge in [0.05, 0.1) is 11.4 Å². The van der Waals surface area contributed by atoms with Crippen LogP contribution in [0, 0.1) is 0 Å². The minimum absolute atomic E-state index is 0.0969. The Balaban J connectivity index is 1.69. The highest BCUT2D eigenvalue weighted by Crippen LogP contribution is 2.20. The molecule has 0 spiro atoms. The van der Waals surface area contributed by atoms with Gasteiger partial charge in [-0.3, -0.25) is 9.69 Å². The highest BCUT2D eigenvalue weighted by Gasteiger charge is 2.23. The zero-order valence-electron chi connectivity index (χ0n) is 14.1. The number of ether oxygens (including phenoxy) is 1. The van der Waals surface area contributed by atoms with Gasteiger partial charge in [-0.25, -0.2) is 13.2 Å². The molecule has 0 aromatic heterocycles. The second-order valence-corrected chi connectivity index (χ2v) is 7.93. The van der Waals surface area contributed by atoms with Crippen molar-refractivity contribution in [2.75, 3.05) is 24.3 Å². The SMILES string of the molecule is CS(=O)(=O)c1cccc(C(=O)NCc2cccc(N3CCOC3=O)c2)c1. The molecule has 0 unspecified atom stereocenters. The van der Waals surface area contributed by atoms with Gasteiger partial charge in [-0.15, -0.1) is 0 Å². The fourth-order valence-electron chi connectivity index (χ4n) is 2.61. The lowest BCUT2D eigenvalue weighted by Crippen LogP contribution is -2.25. The molecule has 0 bridgehead atoms. The first-order valence-corrected chi connectivity index (χ1v) is 9.85. The summed E-state index contributed by atoms with van der Waals surface area (Å²) in [5, 5.41) is 2.75. The average Bonchev–Trinajstić information content (AvgIpc) is 3.05. The first kappa shape index (κ1) is 17.9. The third kappa shape index (κ3) is 4.02. The first-order chi connectivity index (χ1) is 12.3. The van der Waals surface area contributed by atoms with Crippen molar-refractivity contribution in [3.63, 3.8) is 0 Å². The smallest absolute Gasteiger partial charge is 0.414 e. The number of cyclic esters (lactones) is 1. The summed E-state index contributed by atoms with van der Waals surface area (Å²) < 4.78 is 28.1. The number of amides is 2. The van der Waals surface area contributed by atoms with Crippen LogP contribution in [0.4, 0.5) is 10.5 Å². The van der Waals surface area contributed by atoms with Crippen LogP contribution in [-0.2, 0) is 21.1 Å². The van der Waals surface area contributed by atoms with Gasteiger partial charge in [-0.05, 0) is 35.9 Å². The standard InChI is InChI=1S/C18H18N2O5S/c1-26(23,24)16-7-3-5-14(11-16)17(21)19-12-13-4-2-6-15(10-13)20-8-9-25-18(20)22/h2-7,10-11H,8-9,12H2,1H3,(H,19,21). The highest BCUT2D eigenvalue weighted by molar-refractivity contribution is 7.90. The molecule has 7 nitrogen and oxygen atoms in total. The van der Waals surface area contributed by atoms with E-state index in [1.807, 2.05) is 6.07 Å². The van der Waals surface area contributed by atoms with Crippen LogP contribution in [0.15, 0.2) is 53.4 Å². The topological polar surface area (TPSA) is 92.8 Å².